The summed E-state index contributed by atoms with van der Waals surface area (Å²) in [5.41, 5.74) is -0.888. The lowest BCUT2D eigenvalue weighted by molar-refractivity contribution is -0.125. The Kier molecular flexibility index (Phi) is 4.73. The van der Waals surface area contributed by atoms with Crippen molar-refractivity contribution in [2.24, 2.45) is 5.92 Å². The van der Waals surface area contributed by atoms with Gasteiger partial charge in [-0.2, -0.15) is 8.42 Å². The van der Waals surface area contributed by atoms with Crippen LogP contribution in [0.1, 0.15) is 34.1 Å². The highest BCUT2D eigenvalue weighted by Crippen LogP contribution is 2.09. The molecular weight excluding hydrogens is 218 g/mol. The first-order chi connectivity index (χ1) is 6.57. The number of hydrogen-bond donors (Lipinski definition) is 1. The second kappa shape index (κ2) is 4.94. The molecular formula is C9H20NO4S+. The van der Waals surface area contributed by atoms with Crippen LogP contribution in [-0.2, 0) is 14.9 Å². The topological polar surface area (TPSA) is 86.1 Å². The maximum atomic E-state index is 11.5. The zero-order valence-corrected chi connectivity index (χ0v) is 10.4. The minimum atomic E-state index is -3.82. The molecule has 0 aromatic carbocycles. The Morgan fingerprint density at radius 1 is 1.47 bits per heavy atom. The van der Waals surface area contributed by atoms with Gasteiger partial charge in [0.1, 0.15) is 5.75 Å². The number of amides is 1. The summed E-state index contributed by atoms with van der Waals surface area (Å²) in [6, 6.07) is 0. The Bertz CT molecular complexity index is 321. The smallest absolute Gasteiger partial charge is 0.350 e. The van der Waals surface area contributed by atoms with Crippen LogP contribution in [0.4, 0.5) is 0 Å². The predicted molar refractivity (Wildman–Crippen MR) is 59.1 cm³/mol. The van der Waals surface area contributed by atoms with Crippen LogP contribution < -0.4 is 5.32 Å². The van der Waals surface area contributed by atoms with Crippen LogP contribution in [0.3, 0.4) is 0 Å². The summed E-state index contributed by atoms with van der Waals surface area (Å²) in [4.78, 5) is 11.5. The fourth-order valence-electron chi connectivity index (χ4n) is 1.15. The maximum absolute atomic E-state index is 11.5. The van der Waals surface area contributed by atoms with Crippen LogP contribution in [0, 0.1) is 5.92 Å². The lowest BCUT2D eigenvalue weighted by atomic mass is 10.0. The predicted octanol–water partition coefficient (Wildman–Crippen LogP) is -0.0183. The van der Waals surface area contributed by atoms with Gasteiger partial charge in [-0.25, -0.2) is 0 Å². The van der Waals surface area contributed by atoms with E-state index in [-0.39, 0.29) is 17.6 Å². The van der Waals surface area contributed by atoms with Crippen molar-refractivity contribution in [3.8, 4) is 0 Å². The Balaban J connectivity index is 4.45. The van der Waals surface area contributed by atoms with Gasteiger partial charge in [0, 0.05) is 5.92 Å². The van der Waals surface area contributed by atoms with Gasteiger partial charge < -0.3 is 9.87 Å². The van der Waals surface area contributed by atoms with E-state index in [1.54, 1.807) is 20.8 Å². The quantitative estimate of drug-likeness (QED) is 0.683. The lowest BCUT2D eigenvalue weighted by Gasteiger charge is -2.25. The van der Waals surface area contributed by atoms with Gasteiger partial charge in [0.25, 0.3) is 0 Å². The summed E-state index contributed by atoms with van der Waals surface area (Å²) >= 11 is 0. The molecule has 1 amide bonds. The van der Waals surface area contributed by atoms with Crippen LogP contribution in [0.2, 0.25) is 0 Å². The van der Waals surface area contributed by atoms with Gasteiger partial charge in [0.15, 0.2) is 0 Å². The van der Waals surface area contributed by atoms with Crippen molar-refractivity contribution in [1.82, 2.24) is 5.32 Å². The number of hydrogen-bond acceptors (Lipinski definition) is 3. The summed E-state index contributed by atoms with van der Waals surface area (Å²) in [6.45, 7) is 6.86. The second-order valence-electron chi connectivity index (χ2n) is 4.44. The molecule has 0 heterocycles. The van der Waals surface area contributed by atoms with Gasteiger partial charge in [-0.05, 0) is 20.3 Å². The third-order valence-corrected chi connectivity index (χ3v) is 3.17. The number of rotatable bonds is 5. The van der Waals surface area contributed by atoms with Gasteiger partial charge >= 0.3 is 10.1 Å². The molecule has 5 nitrogen and oxygen atoms in total. The Morgan fingerprint density at radius 3 is 2.27 bits per heavy atom. The number of carbonyl (C=O) groups is 1. The monoisotopic (exact) mass is 238 g/mol. The molecule has 0 aromatic rings. The van der Waals surface area contributed by atoms with Gasteiger partial charge in [-0.3, -0.25) is 4.79 Å². The fraction of sp³-hybridized carbons (Fsp3) is 0.889. The molecule has 0 spiro atoms. The molecule has 0 saturated heterocycles. The summed E-state index contributed by atoms with van der Waals surface area (Å²) in [6.07, 6.45) is 0.704. The Labute approximate surface area is 91.0 Å². The van der Waals surface area contributed by atoms with Crippen LogP contribution in [-0.4, -0.2) is 30.2 Å². The molecule has 0 aliphatic carbocycles. The van der Waals surface area contributed by atoms with E-state index in [4.69, 9.17) is 4.55 Å². The normalized spacial score (nSPS) is 14.7. The summed E-state index contributed by atoms with van der Waals surface area (Å²) in [5.74, 6) is -0.689. The molecule has 0 fully saturated rings. The van der Waals surface area contributed by atoms with E-state index in [0.29, 0.717) is 6.42 Å². The van der Waals surface area contributed by atoms with Gasteiger partial charge in [0.05, 0.1) is 5.54 Å². The van der Waals surface area contributed by atoms with Crippen molar-refractivity contribution >= 4 is 16.0 Å². The van der Waals surface area contributed by atoms with E-state index in [2.05, 4.69) is 5.32 Å². The summed E-state index contributed by atoms with van der Waals surface area (Å²) < 4.78 is 28.4. The van der Waals surface area contributed by atoms with Crippen molar-refractivity contribution in [1.29, 1.82) is 0 Å². The molecule has 0 radical (unpaired) electrons. The third-order valence-electron chi connectivity index (χ3n) is 2.07. The number of nitrogens with one attached hydrogen (secondary N) is 1. The van der Waals surface area contributed by atoms with E-state index in [0.717, 1.165) is 0 Å². The van der Waals surface area contributed by atoms with Crippen molar-refractivity contribution in [2.75, 3.05) is 5.75 Å². The van der Waals surface area contributed by atoms with E-state index >= 15 is 0 Å². The highest BCUT2D eigenvalue weighted by molar-refractivity contribution is 7.85. The first-order valence-corrected chi connectivity index (χ1v) is 6.52. The summed E-state index contributed by atoms with van der Waals surface area (Å²) in [7, 11) is -3.82. The summed E-state index contributed by atoms with van der Waals surface area (Å²) in [5, 5.41) is 2.63. The van der Waals surface area contributed by atoms with Crippen LogP contribution in [0.5, 0.6) is 0 Å². The van der Waals surface area contributed by atoms with E-state index in [9.17, 15) is 13.2 Å². The van der Waals surface area contributed by atoms with Crippen molar-refractivity contribution in [2.45, 2.75) is 39.7 Å². The largest absolute Gasteiger partial charge is 0.380 e. The molecule has 3 N–H and O–H groups in total. The first-order valence-electron chi connectivity index (χ1n) is 4.87. The Morgan fingerprint density at radius 2 is 1.93 bits per heavy atom. The molecule has 1 unspecified atom stereocenters. The van der Waals surface area contributed by atoms with Crippen LogP contribution >= 0.6 is 0 Å². The zero-order chi connectivity index (χ0) is 12.3. The van der Waals surface area contributed by atoms with Crippen molar-refractivity contribution < 1.29 is 17.8 Å². The SMILES string of the molecule is CCC(C)C(=O)NC(C)(C)CS(=O)(=O)[OH2+]. The standard InChI is InChI=1S/C9H19NO4S/c1-5-7(2)8(11)10-9(3,4)6-15(12,13)14/h7H,5-6H2,1-4H3,(H,10,11)(H,12,13,14)/p+1. The van der Waals surface area contributed by atoms with Gasteiger partial charge in [0.2, 0.25) is 5.91 Å². The van der Waals surface area contributed by atoms with Crippen LogP contribution in [0.15, 0.2) is 0 Å². The Hall–Kier alpha value is -0.620. The molecule has 0 bridgehead atoms. The molecule has 0 saturated carbocycles. The highest BCUT2D eigenvalue weighted by Gasteiger charge is 2.30. The minimum absolute atomic E-state index is 0.141. The molecule has 0 aliphatic rings. The third kappa shape index (κ3) is 6.46. The van der Waals surface area contributed by atoms with Crippen molar-refractivity contribution in [3.63, 3.8) is 0 Å². The van der Waals surface area contributed by atoms with Gasteiger partial charge in [-0.1, -0.05) is 13.8 Å². The average molecular weight is 238 g/mol. The molecule has 0 aromatic heterocycles. The first kappa shape index (κ1) is 14.4. The number of carbonyl (C=O) groups excluding carboxylic acids is 1. The van der Waals surface area contributed by atoms with Crippen LogP contribution in [0.25, 0.3) is 0 Å². The zero-order valence-electron chi connectivity index (χ0n) is 9.62. The maximum Gasteiger partial charge on any atom is 0.380 e. The van der Waals surface area contributed by atoms with Gasteiger partial charge in [-0.15, -0.1) is 0 Å². The molecule has 90 valence electrons. The van der Waals surface area contributed by atoms with E-state index < -0.39 is 15.7 Å². The van der Waals surface area contributed by atoms with E-state index in [1.807, 2.05) is 6.92 Å². The molecule has 1 atom stereocenters. The average Bonchev–Trinajstić information content (AvgIpc) is 1.96. The molecule has 6 heteroatoms. The minimum Gasteiger partial charge on any atom is -0.350 e. The molecule has 0 rings (SSSR count). The second-order valence-corrected chi connectivity index (χ2v) is 5.96. The lowest BCUT2D eigenvalue weighted by Crippen LogP contribution is -2.49. The van der Waals surface area contributed by atoms with Crippen molar-refractivity contribution in [3.05, 3.63) is 0 Å². The molecule has 15 heavy (non-hydrogen) atoms. The van der Waals surface area contributed by atoms with E-state index in [1.165, 1.54) is 0 Å². The highest BCUT2D eigenvalue weighted by atomic mass is 32.2. The fourth-order valence-corrected chi connectivity index (χ4v) is 2.18. The molecule has 0 aliphatic heterocycles.